The molecule has 3 rings (SSSR count). The van der Waals surface area contributed by atoms with Gasteiger partial charge >= 0.3 is 5.97 Å². The molecule has 4 heteroatoms. The Balaban J connectivity index is 2.05. The number of fused-ring (bicyclic) bond motifs is 1. The average molecular weight is 346 g/mol. The van der Waals surface area contributed by atoms with E-state index in [1.165, 1.54) is 16.7 Å². The summed E-state index contributed by atoms with van der Waals surface area (Å²) in [5.41, 5.74) is 4.70. The van der Waals surface area contributed by atoms with E-state index in [2.05, 4.69) is 47.6 Å². The summed E-state index contributed by atoms with van der Waals surface area (Å²) in [4.78, 5) is 11.8. The number of aliphatic hydroxyl groups excluding tert-OH is 1. The van der Waals surface area contributed by atoms with Crippen molar-refractivity contribution in [1.82, 2.24) is 0 Å². The zero-order chi connectivity index (χ0) is 18.5. The van der Waals surface area contributed by atoms with E-state index in [1.54, 1.807) is 0 Å². The maximum Gasteiger partial charge on any atom is 0.308 e. The third-order valence-corrected chi connectivity index (χ3v) is 5.47. The zero-order valence-electron chi connectivity index (χ0n) is 16.2. The van der Waals surface area contributed by atoms with Gasteiger partial charge < -0.3 is 14.6 Å². The van der Waals surface area contributed by atoms with E-state index in [9.17, 15) is 9.90 Å². The Bertz CT molecular complexity index is 690. The molecule has 1 aromatic carbocycles. The van der Waals surface area contributed by atoms with E-state index >= 15 is 0 Å². The summed E-state index contributed by atoms with van der Waals surface area (Å²) in [7, 11) is 0. The van der Waals surface area contributed by atoms with Crippen LogP contribution in [-0.4, -0.2) is 28.9 Å². The van der Waals surface area contributed by atoms with Gasteiger partial charge in [0.15, 0.2) is 0 Å². The Labute approximate surface area is 150 Å². The summed E-state index contributed by atoms with van der Waals surface area (Å²) in [6.07, 6.45) is 0.542. The van der Waals surface area contributed by atoms with Crippen LogP contribution in [0.5, 0.6) is 5.75 Å². The number of carbonyl (C=O) groups excluding carboxylic acids is 1. The fraction of sp³-hybridized carbons (Fsp3) is 0.667. The number of aliphatic hydroxyl groups is 1. The molecule has 1 fully saturated rings. The number of rotatable bonds is 3. The van der Waals surface area contributed by atoms with Gasteiger partial charge in [-0.05, 0) is 37.8 Å². The van der Waals surface area contributed by atoms with Crippen LogP contribution >= 0.6 is 0 Å². The first-order chi connectivity index (χ1) is 11.6. The van der Waals surface area contributed by atoms with Crippen molar-refractivity contribution in [2.45, 2.75) is 90.4 Å². The highest BCUT2D eigenvalue weighted by atomic mass is 16.5. The second-order valence-electron chi connectivity index (χ2n) is 8.61. The maximum atomic E-state index is 11.8. The summed E-state index contributed by atoms with van der Waals surface area (Å²) < 4.78 is 11.9. The van der Waals surface area contributed by atoms with Crippen molar-refractivity contribution in [3.05, 3.63) is 28.3 Å². The van der Waals surface area contributed by atoms with Gasteiger partial charge in [0.25, 0.3) is 0 Å². The van der Waals surface area contributed by atoms with Crippen LogP contribution < -0.4 is 4.74 Å². The molecule has 0 amide bonds. The van der Waals surface area contributed by atoms with Gasteiger partial charge in [0.1, 0.15) is 17.5 Å². The van der Waals surface area contributed by atoms with E-state index in [1.807, 2.05) is 0 Å². The van der Waals surface area contributed by atoms with Gasteiger partial charge in [-0.3, -0.25) is 4.79 Å². The number of ether oxygens (including phenoxy) is 2. The molecule has 25 heavy (non-hydrogen) atoms. The first kappa shape index (κ1) is 18.2. The molecule has 2 heterocycles. The number of esters is 1. The van der Waals surface area contributed by atoms with Crippen LogP contribution in [0.3, 0.4) is 0 Å². The standard InChI is InChI=1S/C21H30O4/c1-11(2)15-7-12(3)19(20-16(15)10-21(5,6)25-20)13(4)17-8-14(22)9-18(23)24-17/h7,11,13-14,17,22H,8-10H2,1-6H3/t13?,14-,17+/m1/s1. The van der Waals surface area contributed by atoms with E-state index in [-0.39, 0.29) is 30.0 Å². The van der Waals surface area contributed by atoms with Crippen molar-refractivity contribution in [2.75, 3.05) is 0 Å². The molecule has 0 aromatic heterocycles. The third kappa shape index (κ3) is 3.41. The van der Waals surface area contributed by atoms with Crippen LogP contribution in [0.15, 0.2) is 6.07 Å². The molecule has 0 bridgehead atoms. The monoisotopic (exact) mass is 346 g/mol. The van der Waals surface area contributed by atoms with Gasteiger partial charge in [-0.15, -0.1) is 0 Å². The summed E-state index contributed by atoms with van der Waals surface area (Å²) in [5.74, 6) is 1.08. The van der Waals surface area contributed by atoms with Crippen LogP contribution in [0.1, 0.15) is 81.5 Å². The van der Waals surface area contributed by atoms with Crippen molar-refractivity contribution in [3.8, 4) is 5.75 Å². The molecular weight excluding hydrogens is 316 g/mol. The zero-order valence-corrected chi connectivity index (χ0v) is 16.2. The predicted octanol–water partition coefficient (Wildman–Crippen LogP) is 4.00. The second kappa shape index (κ2) is 6.31. The van der Waals surface area contributed by atoms with Crippen molar-refractivity contribution < 1.29 is 19.4 Å². The first-order valence-corrected chi connectivity index (χ1v) is 9.32. The molecule has 1 saturated heterocycles. The predicted molar refractivity (Wildman–Crippen MR) is 97.2 cm³/mol. The van der Waals surface area contributed by atoms with E-state index in [0.29, 0.717) is 12.3 Å². The molecule has 0 aliphatic carbocycles. The van der Waals surface area contributed by atoms with Crippen LogP contribution in [-0.2, 0) is 16.0 Å². The van der Waals surface area contributed by atoms with Crippen molar-refractivity contribution >= 4 is 5.97 Å². The molecule has 3 atom stereocenters. The lowest BCUT2D eigenvalue weighted by Crippen LogP contribution is -2.36. The Morgan fingerprint density at radius 3 is 2.56 bits per heavy atom. The third-order valence-electron chi connectivity index (χ3n) is 5.47. The van der Waals surface area contributed by atoms with Crippen molar-refractivity contribution in [2.24, 2.45) is 0 Å². The molecule has 138 valence electrons. The normalized spacial score (nSPS) is 26.2. The minimum Gasteiger partial charge on any atom is -0.487 e. The molecular formula is C21H30O4. The Morgan fingerprint density at radius 1 is 1.28 bits per heavy atom. The van der Waals surface area contributed by atoms with E-state index in [4.69, 9.17) is 9.47 Å². The largest absolute Gasteiger partial charge is 0.487 e. The average Bonchev–Trinajstić information content (AvgIpc) is 2.79. The van der Waals surface area contributed by atoms with Gasteiger partial charge in [0, 0.05) is 29.9 Å². The van der Waals surface area contributed by atoms with Crippen LogP contribution in [0.2, 0.25) is 0 Å². The molecule has 1 N–H and O–H groups in total. The number of hydrogen-bond acceptors (Lipinski definition) is 4. The van der Waals surface area contributed by atoms with Gasteiger partial charge in [-0.1, -0.05) is 26.8 Å². The van der Waals surface area contributed by atoms with Crippen LogP contribution in [0, 0.1) is 6.92 Å². The molecule has 2 aliphatic rings. The molecule has 1 aromatic rings. The molecule has 0 radical (unpaired) electrons. The highest BCUT2D eigenvalue weighted by molar-refractivity contribution is 5.71. The lowest BCUT2D eigenvalue weighted by atomic mass is 9.82. The maximum absolute atomic E-state index is 11.8. The van der Waals surface area contributed by atoms with Crippen LogP contribution in [0.25, 0.3) is 0 Å². The van der Waals surface area contributed by atoms with E-state index < -0.39 is 6.10 Å². The molecule has 0 spiro atoms. The summed E-state index contributed by atoms with van der Waals surface area (Å²) in [5, 5.41) is 9.98. The Morgan fingerprint density at radius 2 is 1.96 bits per heavy atom. The molecule has 4 nitrogen and oxygen atoms in total. The highest BCUT2D eigenvalue weighted by Crippen LogP contribution is 2.47. The quantitative estimate of drug-likeness (QED) is 0.841. The minimum atomic E-state index is -0.616. The number of cyclic esters (lactones) is 1. The second-order valence-corrected chi connectivity index (χ2v) is 8.61. The summed E-state index contributed by atoms with van der Waals surface area (Å²) >= 11 is 0. The topological polar surface area (TPSA) is 55.8 Å². The number of carbonyl (C=O) groups is 1. The van der Waals surface area contributed by atoms with Gasteiger partial charge in [0.05, 0.1) is 12.5 Å². The first-order valence-electron chi connectivity index (χ1n) is 9.32. The SMILES string of the molecule is Cc1cc(C(C)C)c2c(c1C(C)[C@@H]1C[C@@H](O)CC(=O)O1)OC(C)(C)C2. The summed E-state index contributed by atoms with van der Waals surface area (Å²) in [6, 6.07) is 2.27. The number of benzene rings is 1. The minimum absolute atomic E-state index is 0.0113. The fourth-order valence-electron chi connectivity index (χ4n) is 4.29. The smallest absolute Gasteiger partial charge is 0.308 e. The van der Waals surface area contributed by atoms with E-state index in [0.717, 1.165) is 17.7 Å². The lowest BCUT2D eigenvalue weighted by Gasteiger charge is -2.32. The number of aryl methyl sites for hydroxylation is 1. The Kier molecular flexibility index (Phi) is 4.61. The molecule has 0 saturated carbocycles. The highest BCUT2D eigenvalue weighted by Gasteiger charge is 2.39. The van der Waals surface area contributed by atoms with Gasteiger partial charge in [-0.2, -0.15) is 0 Å². The molecule has 1 unspecified atom stereocenters. The van der Waals surface area contributed by atoms with Gasteiger partial charge in [0.2, 0.25) is 0 Å². The van der Waals surface area contributed by atoms with Crippen molar-refractivity contribution in [1.29, 1.82) is 0 Å². The van der Waals surface area contributed by atoms with Crippen LogP contribution in [0.4, 0.5) is 0 Å². The van der Waals surface area contributed by atoms with Crippen molar-refractivity contribution in [3.63, 3.8) is 0 Å². The van der Waals surface area contributed by atoms with Gasteiger partial charge in [-0.25, -0.2) is 0 Å². The lowest BCUT2D eigenvalue weighted by molar-refractivity contribution is -0.161. The summed E-state index contributed by atoms with van der Waals surface area (Å²) in [6.45, 7) is 12.8. The Hall–Kier alpha value is -1.55. The number of hydrogen-bond donors (Lipinski definition) is 1. The fourth-order valence-corrected chi connectivity index (χ4v) is 4.29. The molecule has 2 aliphatic heterocycles.